The number of halogens is 3. The highest BCUT2D eigenvalue weighted by atomic mass is 79.9. The van der Waals surface area contributed by atoms with Crippen LogP contribution in [0.3, 0.4) is 0 Å². The van der Waals surface area contributed by atoms with Crippen molar-refractivity contribution in [3.63, 3.8) is 0 Å². The second kappa shape index (κ2) is 5.37. The summed E-state index contributed by atoms with van der Waals surface area (Å²) in [6, 6.07) is 6.72. The summed E-state index contributed by atoms with van der Waals surface area (Å²) < 4.78 is 53.1. The fourth-order valence-corrected chi connectivity index (χ4v) is 3.10. The lowest BCUT2D eigenvalue weighted by atomic mass is 10.3. The number of hydrogen-bond donors (Lipinski definition) is 2. The Morgan fingerprint density at radius 1 is 1.10 bits per heavy atom. The molecule has 0 saturated heterocycles. The van der Waals surface area contributed by atoms with Gasteiger partial charge in [0.15, 0.2) is 0 Å². The van der Waals surface area contributed by atoms with Gasteiger partial charge in [0, 0.05) is 10.5 Å². The van der Waals surface area contributed by atoms with Crippen LogP contribution >= 0.6 is 15.9 Å². The Morgan fingerprint density at radius 2 is 1.80 bits per heavy atom. The fraction of sp³-hybridized carbons (Fsp3) is 0. The van der Waals surface area contributed by atoms with Crippen LogP contribution in [-0.4, -0.2) is 8.42 Å². The first-order valence-corrected chi connectivity index (χ1v) is 7.60. The summed E-state index contributed by atoms with van der Waals surface area (Å²) in [6.07, 6.45) is 0. The molecule has 0 heterocycles. The number of anilines is 2. The third kappa shape index (κ3) is 3.07. The average molecular weight is 363 g/mol. The highest BCUT2D eigenvalue weighted by Gasteiger charge is 2.19. The third-order valence-electron chi connectivity index (χ3n) is 2.44. The Hall–Kier alpha value is -1.67. The zero-order valence-corrected chi connectivity index (χ0v) is 12.3. The standard InChI is InChI=1S/C12H9BrF2N2O2S/c13-7-1-4-12(10(16)5-7)20(18,19)17-11-3-2-8(14)6-9(11)15/h1-6,17H,16H2. The van der Waals surface area contributed by atoms with E-state index in [4.69, 9.17) is 5.73 Å². The Labute approximate surface area is 122 Å². The van der Waals surface area contributed by atoms with E-state index in [2.05, 4.69) is 15.9 Å². The molecular weight excluding hydrogens is 354 g/mol. The van der Waals surface area contributed by atoms with E-state index in [1.165, 1.54) is 18.2 Å². The minimum atomic E-state index is -4.05. The Bertz CT molecular complexity index is 766. The summed E-state index contributed by atoms with van der Waals surface area (Å²) in [5, 5.41) is 0. The summed E-state index contributed by atoms with van der Waals surface area (Å²) in [5.41, 5.74) is 5.28. The van der Waals surface area contributed by atoms with Crippen molar-refractivity contribution >= 4 is 37.3 Å². The van der Waals surface area contributed by atoms with Crippen molar-refractivity contribution in [1.29, 1.82) is 0 Å². The normalized spacial score (nSPS) is 11.3. The highest BCUT2D eigenvalue weighted by Crippen LogP contribution is 2.26. The van der Waals surface area contributed by atoms with Crippen LogP contribution < -0.4 is 10.5 Å². The summed E-state index contributed by atoms with van der Waals surface area (Å²) in [6.45, 7) is 0. The van der Waals surface area contributed by atoms with Gasteiger partial charge in [-0.3, -0.25) is 4.72 Å². The lowest BCUT2D eigenvalue weighted by Crippen LogP contribution is -2.15. The van der Waals surface area contributed by atoms with E-state index in [-0.39, 0.29) is 16.3 Å². The fourth-order valence-electron chi connectivity index (χ4n) is 1.54. The molecule has 0 bridgehead atoms. The second-order valence-electron chi connectivity index (χ2n) is 3.91. The van der Waals surface area contributed by atoms with Gasteiger partial charge in [-0.2, -0.15) is 0 Å². The molecule has 3 N–H and O–H groups in total. The molecule has 0 amide bonds. The number of nitrogens with one attached hydrogen (secondary N) is 1. The predicted octanol–water partition coefficient (Wildman–Crippen LogP) is 3.11. The van der Waals surface area contributed by atoms with Gasteiger partial charge in [-0.15, -0.1) is 0 Å². The Morgan fingerprint density at radius 3 is 2.40 bits per heavy atom. The predicted molar refractivity (Wildman–Crippen MR) is 75.7 cm³/mol. The monoisotopic (exact) mass is 362 g/mol. The molecular formula is C12H9BrF2N2O2S. The van der Waals surface area contributed by atoms with Crippen molar-refractivity contribution in [1.82, 2.24) is 0 Å². The Balaban J connectivity index is 2.41. The second-order valence-corrected chi connectivity index (χ2v) is 6.48. The molecule has 0 aliphatic rings. The molecule has 0 atom stereocenters. The van der Waals surface area contributed by atoms with E-state index >= 15 is 0 Å². The Kier molecular flexibility index (Phi) is 3.96. The number of sulfonamides is 1. The summed E-state index contributed by atoms with van der Waals surface area (Å²) in [5.74, 6) is -1.81. The zero-order chi connectivity index (χ0) is 14.9. The largest absolute Gasteiger partial charge is 0.398 e. The SMILES string of the molecule is Nc1cc(Br)ccc1S(=O)(=O)Nc1ccc(F)cc1F. The van der Waals surface area contributed by atoms with Crippen LogP contribution in [0, 0.1) is 11.6 Å². The molecule has 0 radical (unpaired) electrons. The molecule has 0 aliphatic carbocycles. The van der Waals surface area contributed by atoms with Crippen LogP contribution in [0.15, 0.2) is 45.8 Å². The van der Waals surface area contributed by atoms with Crippen LogP contribution in [0.25, 0.3) is 0 Å². The van der Waals surface area contributed by atoms with E-state index in [9.17, 15) is 17.2 Å². The highest BCUT2D eigenvalue weighted by molar-refractivity contribution is 9.10. The van der Waals surface area contributed by atoms with Gasteiger partial charge in [-0.05, 0) is 30.3 Å². The van der Waals surface area contributed by atoms with Gasteiger partial charge in [0.1, 0.15) is 16.5 Å². The van der Waals surface area contributed by atoms with Crippen LogP contribution in [-0.2, 0) is 10.0 Å². The van der Waals surface area contributed by atoms with Crippen LogP contribution in [0.5, 0.6) is 0 Å². The number of nitrogen functional groups attached to an aromatic ring is 1. The summed E-state index contributed by atoms with van der Waals surface area (Å²) in [7, 11) is -4.05. The van der Waals surface area contributed by atoms with Crippen molar-refractivity contribution in [2.45, 2.75) is 4.90 Å². The maximum Gasteiger partial charge on any atom is 0.264 e. The molecule has 0 spiro atoms. The van der Waals surface area contributed by atoms with Gasteiger partial charge in [-0.1, -0.05) is 15.9 Å². The lowest BCUT2D eigenvalue weighted by Gasteiger charge is -2.11. The molecule has 20 heavy (non-hydrogen) atoms. The van der Waals surface area contributed by atoms with Crippen LogP contribution in [0.2, 0.25) is 0 Å². The molecule has 2 aromatic rings. The molecule has 0 saturated carbocycles. The van der Waals surface area contributed by atoms with Crippen molar-refractivity contribution in [3.8, 4) is 0 Å². The van der Waals surface area contributed by atoms with Gasteiger partial charge in [0.05, 0.1) is 11.4 Å². The van der Waals surface area contributed by atoms with E-state index in [1.54, 1.807) is 0 Å². The maximum atomic E-state index is 13.5. The average Bonchev–Trinajstić information content (AvgIpc) is 2.32. The lowest BCUT2D eigenvalue weighted by molar-refractivity contribution is 0.583. The number of nitrogens with two attached hydrogens (primary N) is 1. The van der Waals surface area contributed by atoms with E-state index in [1.807, 2.05) is 4.72 Å². The summed E-state index contributed by atoms with van der Waals surface area (Å²) >= 11 is 3.15. The van der Waals surface area contributed by atoms with Gasteiger partial charge in [0.2, 0.25) is 0 Å². The molecule has 0 aromatic heterocycles. The van der Waals surface area contributed by atoms with Crippen molar-refractivity contribution < 1.29 is 17.2 Å². The molecule has 0 fully saturated rings. The maximum absolute atomic E-state index is 13.5. The van der Waals surface area contributed by atoms with E-state index in [0.29, 0.717) is 10.5 Å². The number of hydrogen-bond acceptors (Lipinski definition) is 3. The van der Waals surface area contributed by atoms with Crippen molar-refractivity contribution in [2.24, 2.45) is 0 Å². The third-order valence-corrected chi connectivity index (χ3v) is 4.37. The first kappa shape index (κ1) is 14.7. The molecule has 0 aliphatic heterocycles. The number of rotatable bonds is 3. The minimum Gasteiger partial charge on any atom is -0.398 e. The van der Waals surface area contributed by atoms with Gasteiger partial charge < -0.3 is 5.73 Å². The van der Waals surface area contributed by atoms with E-state index < -0.39 is 21.7 Å². The smallest absolute Gasteiger partial charge is 0.264 e. The van der Waals surface area contributed by atoms with Crippen molar-refractivity contribution in [2.75, 3.05) is 10.5 Å². The first-order chi connectivity index (χ1) is 9.29. The molecule has 8 heteroatoms. The molecule has 2 aromatic carbocycles. The van der Waals surface area contributed by atoms with Gasteiger partial charge in [-0.25, -0.2) is 17.2 Å². The van der Waals surface area contributed by atoms with Crippen molar-refractivity contribution in [3.05, 3.63) is 52.5 Å². The summed E-state index contributed by atoms with van der Waals surface area (Å²) in [4.78, 5) is -0.190. The molecule has 106 valence electrons. The van der Waals surface area contributed by atoms with Gasteiger partial charge in [0.25, 0.3) is 10.0 Å². The number of benzene rings is 2. The minimum absolute atomic E-state index is 0.00870. The van der Waals surface area contributed by atoms with Crippen LogP contribution in [0.1, 0.15) is 0 Å². The first-order valence-electron chi connectivity index (χ1n) is 5.32. The van der Waals surface area contributed by atoms with Gasteiger partial charge >= 0.3 is 0 Å². The molecule has 4 nitrogen and oxygen atoms in total. The van der Waals surface area contributed by atoms with E-state index in [0.717, 1.165) is 12.1 Å². The molecule has 2 rings (SSSR count). The molecule has 0 unspecified atom stereocenters. The zero-order valence-electron chi connectivity index (χ0n) is 9.90. The topological polar surface area (TPSA) is 72.2 Å². The quantitative estimate of drug-likeness (QED) is 0.824. The van der Waals surface area contributed by atoms with Crippen LogP contribution in [0.4, 0.5) is 20.2 Å².